The van der Waals surface area contributed by atoms with Gasteiger partial charge in [0.1, 0.15) is 0 Å². The number of benzene rings is 2. The molecule has 0 saturated carbocycles. The quantitative estimate of drug-likeness (QED) is 0.612. The Labute approximate surface area is 134 Å². The first-order valence-electron chi connectivity index (χ1n) is 7.48. The predicted molar refractivity (Wildman–Crippen MR) is 86.3 cm³/mol. The summed E-state index contributed by atoms with van der Waals surface area (Å²) >= 11 is 0. The maximum atomic E-state index is 14.2. The topological polar surface area (TPSA) is 41.5 Å². The van der Waals surface area contributed by atoms with Crippen molar-refractivity contribution in [2.45, 2.75) is 26.3 Å². The third-order valence-corrected chi connectivity index (χ3v) is 4.05. The van der Waals surface area contributed by atoms with Crippen molar-refractivity contribution in [1.29, 1.82) is 0 Å². The molecule has 5 heteroatoms. The summed E-state index contributed by atoms with van der Waals surface area (Å²) < 4.78 is 28.4. The van der Waals surface area contributed by atoms with Crippen LogP contribution < -0.4 is 5.32 Å². The van der Waals surface area contributed by atoms with E-state index in [-0.39, 0.29) is 12.2 Å². The van der Waals surface area contributed by atoms with Gasteiger partial charge in [-0.15, -0.1) is 0 Å². The standard InChI is InChI=1S/C18H21F2NO2/c1-11-5-4-6-12(2)17(11)13-9-14(18(20)15(19)10-13)16(21-3)7-8-23-22/h4-6,9-10,16,21-22H,7-8H2,1-3H3. The fourth-order valence-electron chi connectivity index (χ4n) is 2.90. The van der Waals surface area contributed by atoms with Crippen molar-refractivity contribution in [2.75, 3.05) is 13.7 Å². The second kappa shape index (κ2) is 7.64. The zero-order valence-corrected chi connectivity index (χ0v) is 13.5. The number of rotatable bonds is 6. The molecule has 124 valence electrons. The van der Waals surface area contributed by atoms with Crippen LogP contribution in [0.25, 0.3) is 11.1 Å². The Morgan fingerprint density at radius 1 is 1.17 bits per heavy atom. The van der Waals surface area contributed by atoms with E-state index >= 15 is 0 Å². The van der Waals surface area contributed by atoms with Crippen LogP contribution in [0.4, 0.5) is 8.78 Å². The normalized spacial score (nSPS) is 12.4. The van der Waals surface area contributed by atoms with Crippen LogP contribution in [0.15, 0.2) is 30.3 Å². The van der Waals surface area contributed by atoms with Crippen LogP contribution in [0.2, 0.25) is 0 Å². The van der Waals surface area contributed by atoms with Crippen LogP contribution >= 0.6 is 0 Å². The molecule has 0 aliphatic rings. The zero-order valence-electron chi connectivity index (χ0n) is 13.5. The summed E-state index contributed by atoms with van der Waals surface area (Å²) in [5.41, 5.74) is 3.77. The molecule has 1 atom stereocenters. The molecule has 1 unspecified atom stereocenters. The Bertz CT molecular complexity index is 669. The summed E-state index contributed by atoms with van der Waals surface area (Å²) in [7, 11) is 1.66. The molecule has 2 rings (SSSR count). The van der Waals surface area contributed by atoms with E-state index in [2.05, 4.69) is 10.2 Å². The van der Waals surface area contributed by atoms with Crippen LogP contribution in [-0.4, -0.2) is 18.9 Å². The van der Waals surface area contributed by atoms with Crippen molar-refractivity contribution in [3.05, 3.63) is 58.7 Å². The summed E-state index contributed by atoms with van der Waals surface area (Å²) in [5.74, 6) is -1.76. The van der Waals surface area contributed by atoms with E-state index in [9.17, 15) is 8.78 Å². The molecule has 0 saturated heterocycles. The summed E-state index contributed by atoms with van der Waals surface area (Å²) in [6.07, 6.45) is 0.319. The molecule has 23 heavy (non-hydrogen) atoms. The number of halogens is 2. The largest absolute Gasteiger partial charge is 0.313 e. The number of hydrogen-bond acceptors (Lipinski definition) is 3. The molecule has 0 fully saturated rings. The maximum Gasteiger partial charge on any atom is 0.163 e. The fourth-order valence-corrected chi connectivity index (χ4v) is 2.90. The molecule has 0 bridgehead atoms. The van der Waals surface area contributed by atoms with Crippen LogP contribution in [0, 0.1) is 25.5 Å². The third-order valence-electron chi connectivity index (χ3n) is 4.05. The Balaban J connectivity index is 2.56. The number of hydrogen-bond donors (Lipinski definition) is 2. The van der Waals surface area contributed by atoms with E-state index in [1.807, 2.05) is 32.0 Å². The van der Waals surface area contributed by atoms with Gasteiger partial charge < -0.3 is 5.32 Å². The smallest absolute Gasteiger partial charge is 0.163 e. The molecule has 3 nitrogen and oxygen atoms in total. The van der Waals surface area contributed by atoms with Crippen molar-refractivity contribution >= 4 is 0 Å². The summed E-state index contributed by atoms with van der Waals surface area (Å²) in [6.45, 7) is 3.91. The summed E-state index contributed by atoms with van der Waals surface area (Å²) in [4.78, 5) is 4.06. The molecule has 0 aromatic heterocycles. The number of nitrogens with one attached hydrogen (secondary N) is 1. The first-order valence-corrected chi connectivity index (χ1v) is 7.48. The third kappa shape index (κ3) is 3.75. The molecule has 0 spiro atoms. The van der Waals surface area contributed by atoms with Gasteiger partial charge >= 0.3 is 0 Å². The lowest BCUT2D eigenvalue weighted by molar-refractivity contribution is -0.243. The van der Waals surface area contributed by atoms with Crippen molar-refractivity contribution in [3.8, 4) is 11.1 Å². The molecule has 2 aromatic carbocycles. The minimum Gasteiger partial charge on any atom is -0.313 e. The predicted octanol–water partition coefficient (Wildman–Crippen LogP) is 4.39. The lowest BCUT2D eigenvalue weighted by Crippen LogP contribution is -2.20. The van der Waals surface area contributed by atoms with Crippen LogP contribution in [-0.2, 0) is 4.89 Å². The van der Waals surface area contributed by atoms with Gasteiger partial charge in [0, 0.05) is 11.6 Å². The molecule has 0 aliphatic heterocycles. The number of aryl methyl sites for hydroxylation is 2. The lowest BCUT2D eigenvalue weighted by atomic mass is 9.92. The van der Waals surface area contributed by atoms with Crippen LogP contribution in [0.3, 0.4) is 0 Å². The highest BCUT2D eigenvalue weighted by molar-refractivity contribution is 5.71. The highest BCUT2D eigenvalue weighted by Gasteiger charge is 2.20. The first kappa shape index (κ1) is 17.5. The van der Waals surface area contributed by atoms with Gasteiger partial charge in [0.2, 0.25) is 0 Å². The molecular weight excluding hydrogens is 300 g/mol. The Morgan fingerprint density at radius 3 is 2.39 bits per heavy atom. The van der Waals surface area contributed by atoms with Gasteiger partial charge in [0.05, 0.1) is 6.61 Å². The monoisotopic (exact) mass is 321 g/mol. The van der Waals surface area contributed by atoms with E-state index in [0.29, 0.717) is 12.0 Å². The Morgan fingerprint density at radius 2 is 1.83 bits per heavy atom. The minimum absolute atomic E-state index is 0.0280. The van der Waals surface area contributed by atoms with E-state index in [1.165, 1.54) is 6.07 Å². The second-order valence-electron chi connectivity index (χ2n) is 5.59. The Kier molecular flexibility index (Phi) is 5.82. The highest BCUT2D eigenvalue weighted by Crippen LogP contribution is 2.32. The first-order chi connectivity index (χ1) is 11.0. The van der Waals surface area contributed by atoms with Crippen LogP contribution in [0.1, 0.15) is 29.2 Å². The van der Waals surface area contributed by atoms with Crippen LogP contribution in [0.5, 0.6) is 0 Å². The van der Waals surface area contributed by atoms with Gasteiger partial charge in [-0.1, -0.05) is 18.2 Å². The van der Waals surface area contributed by atoms with Crippen molar-refractivity contribution in [3.63, 3.8) is 0 Å². The molecule has 0 aliphatic carbocycles. The molecule has 0 radical (unpaired) electrons. The maximum absolute atomic E-state index is 14.2. The molecule has 2 N–H and O–H groups in total. The van der Waals surface area contributed by atoms with E-state index < -0.39 is 17.7 Å². The molecule has 2 aromatic rings. The van der Waals surface area contributed by atoms with E-state index in [4.69, 9.17) is 5.26 Å². The van der Waals surface area contributed by atoms with Gasteiger partial charge in [0.25, 0.3) is 0 Å². The molecule has 0 heterocycles. The Hall–Kier alpha value is -1.82. The van der Waals surface area contributed by atoms with E-state index in [0.717, 1.165) is 16.7 Å². The van der Waals surface area contributed by atoms with Crippen molar-refractivity contribution in [1.82, 2.24) is 5.32 Å². The average Bonchev–Trinajstić information content (AvgIpc) is 2.52. The van der Waals surface area contributed by atoms with Gasteiger partial charge in [-0.2, -0.15) is 0 Å². The fraction of sp³-hybridized carbons (Fsp3) is 0.333. The SMILES string of the molecule is CNC(CCOO)c1cc(-c2c(C)cccc2C)cc(F)c1F. The van der Waals surface area contributed by atoms with Gasteiger partial charge in [-0.3, -0.25) is 5.26 Å². The minimum atomic E-state index is -0.884. The van der Waals surface area contributed by atoms with Gasteiger partial charge in [-0.05, 0) is 61.7 Å². The highest BCUT2D eigenvalue weighted by atomic mass is 19.2. The van der Waals surface area contributed by atoms with Crippen molar-refractivity contribution < 1.29 is 18.9 Å². The average molecular weight is 321 g/mol. The van der Waals surface area contributed by atoms with Crippen molar-refractivity contribution in [2.24, 2.45) is 0 Å². The molecular formula is C18H21F2NO2. The van der Waals surface area contributed by atoms with Gasteiger partial charge in [-0.25, -0.2) is 13.7 Å². The second-order valence-corrected chi connectivity index (χ2v) is 5.59. The van der Waals surface area contributed by atoms with Gasteiger partial charge in [0.15, 0.2) is 11.6 Å². The lowest BCUT2D eigenvalue weighted by Gasteiger charge is -2.19. The zero-order chi connectivity index (χ0) is 17.0. The molecule has 0 amide bonds. The summed E-state index contributed by atoms with van der Waals surface area (Å²) in [5, 5.41) is 11.4. The van der Waals surface area contributed by atoms with E-state index in [1.54, 1.807) is 13.1 Å². The summed E-state index contributed by atoms with van der Waals surface area (Å²) in [6, 6.07) is 8.25.